The Labute approximate surface area is 140 Å². The Morgan fingerprint density at radius 1 is 1.38 bits per heavy atom. The molecule has 6 heteroatoms. The van der Waals surface area contributed by atoms with E-state index in [4.69, 9.17) is 0 Å². The first-order valence-electron chi connectivity index (χ1n) is 7.90. The van der Waals surface area contributed by atoms with Gasteiger partial charge >= 0.3 is 0 Å². The number of carbonyl (C=O) groups is 2. The van der Waals surface area contributed by atoms with E-state index in [0.29, 0.717) is 23.7 Å². The van der Waals surface area contributed by atoms with Gasteiger partial charge in [-0.1, -0.05) is 6.58 Å². The van der Waals surface area contributed by atoms with Crippen molar-refractivity contribution in [3.05, 3.63) is 59.9 Å². The van der Waals surface area contributed by atoms with Crippen molar-refractivity contribution in [2.45, 2.75) is 25.3 Å². The van der Waals surface area contributed by atoms with Crippen molar-refractivity contribution in [1.29, 1.82) is 0 Å². The Bertz CT molecular complexity index is 760. The average Bonchev–Trinajstić information content (AvgIpc) is 3.36. The molecule has 1 aliphatic carbocycles. The zero-order valence-electron chi connectivity index (χ0n) is 13.6. The summed E-state index contributed by atoms with van der Waals surface area (Å²) in [5, 5.41) is 9.93. The lowest BCUT2D eigenvalue weighted by Crippen LogP contribution is -2.25. The number of H-pyrrole nitrogens is 1. The van der Waals surface area contributed by atoms with Crippen LogP contribution < -0.4 is 10.2 Å². The summed E-state index contributed by atoms with van der Waals surface area (Å²) in [5.74, 6) is 0.238. The predicted octanol–water partition coefficient (Wildman–Crippen LogP) is 2.37. The number of benzene rings is 1. The molecule has 1 heterocycles. The molecule has 124 valence electrons. The largest absolute Gasteiger partial charge is 0.346 e. The molecule has 0 aliphatic heterocycles. The van der Waals surface area contributed by atoms with Crippen LogP contribution in [0, 0.1) is 0 Å². The van der Waals surface area contributed by atoms with Gasteiger partial charge in [0.1, 0.15) is 0 Å². The SMILES string of the molecule is C=CC(=O)N(C)c1ccc(C(=O)NCc2[nH]ncc2C2CC2)cc1. The Morgan fingerprint density at radius 2 is 2.08 bits per heavy atom. The molecular formula is C18H20N4O2. The molecule has 2 amide bonds. The standard InChI is InChI=1S/C18H20N4O2/c1-3-17(23)22(2)14-8-6-13(7-9-14)18(24)19-11-16-15(10-20-21-16)12-4-5-12/h3,6-10,12H,1,4-5,11H2,2H3,(H,19,24)(H,20,21). The fourth-order valence-electron chi connectivity index (χ4n) is 2.58. The van der Waals surface area contributed by atoms with Crippen LogP contribution in [0.3, 0.4) is 0 Å². The summed E-state index contributed by atoms with van der Waals surface area (Å²) in [4.78, 5) is 25.3. The Morgan fingerprint density at radius 3 is 2.71 bits per heavy atom. The number of aromatic nitrogens is 2. The molecule has 0 unspecified atom stereocenters. The lowest BCUT2D eigenvalue weighted by atomic mass is 10.1. The van der Waals surface area contributed by atoms with Gasteiger partial charge in [-0.15, -0.1) is 0 Å². The number of anilines is 1. The van der Waals surface area contributed by atoms with Gasteiger partial charge in [-0.25, -0.2) is 0 Å². The third-order valence-electron chi connectivity index (χ3n) is 4.22. The van der Waals surface area contributed by atoms with Crippen molar-refractivity contribution < 1.29 is 9.59 Å². The van der Waals surface area contributed by atoms with Crippen LogP contribution in [0.15, 0.2) is 43.1 Å². The molecule has 1 fully saturated rings. The zero-order chi connectivity index (χ0) is 17.1. The van der Waals surface area contributed by atoms with Crippen LogP contribution in [0.2, 0.25) is 0 Å². The van der Waals surface area contributed by atoms with Gasteiger partial charge < -0.3 is 10.2 Å². The van der Waals surface area contributed by atoms with Gasteiger partial charge in [0, 0.05) is 18.3 Å². The number of amides is 2. The van der Waals surface area contributed by atoms with E-state index < -0.39 is 0 Å². The zero-order valence-corrected chi connectivity index (χ0v) is 13.6. The maximum absolute atomic E-state index is 12.3. The van der Waals surface area contributed by atoms with Gasteiger partial charge in [0.2, 0.25) is 5.91 Å². The highest BCUT2D eigenvalue weighted by Crippen LogP contribution is 2.41. The second kappa shape index (κ2) is 6.70. The van der Waals surface area contributed by atoms with E-state index in [1.54, 1.807) is 31.3 Å². The Hall–Kier alpha value is -2.89. The van der Waals surface area contributed by atoms with Crippen LogP contribution in [-0.2, 0) is 11.3 Å². The van der Waals surface area contributed by atoms with Gasteiger partial charge in [-0.3, -0.25) is 14.7 Å². The minimum Gasteiger partial charge on any atom is -0.346 e. The summed E-state index contributed by atoms with van der Waals surface area (Å²) in [6, 6.07) is 6.88. The molecular weight excluding hydrogens is 304 g/mol. The maximum Gasteiger partial charge on any atom is 0.251 e. The van der Waals surface area contributed by atoms with E-state index in [9.17, 15) is 9.59 Å². The monoisotopic (exact) mass is 324 g/mol. The fraction of sp³-hybridized carbons (Fsp3) is 0.278. The molecule has 1 saturated carbocycles. The topological polar surface area (TPSA) is 78.1 Å². The second-order valence-electron chi connectivity index (χ2n) is 5.91. The molecule has 0 atom stereocenters. The van der Waals surface area contributed by atoms with Crippen LogP contribution in [0.5, 0.6) is 0 Å². The highest BCUT2D eigenvalue weighted by Gasteiger charge is 2.27. The number of aromatic amines is 1. The quantitative estimate of drug-likeness (QED) is 0.801. The normalized spacial score (nSPS) is 13.4. The van der Waals surface area contributed by atoms with Crippen molar-refractivity contribution in [3.8, 4) is 0 Å². The molecule has 6 nitrogen and oxygen atoms in total. The lowest BCUT2D eigenvalue weighted by molar-refractivity contribution is -0.113. The van der Waals surface area contributed by atoms with E-state index in [1.165, 1.54) is 29.4 Å². The summed E-state index contributed by atoms with van der Waals surface area (Å²) < 4.78 is 0. The molecule has 2 aromatic rings. The first kappa shape index (κ1) is 16.0. The molecule has 1 aliphatic rings. The van der Waals surface area contributed by atoms with Crippen LogP contribution in [0.1, 0.15) is 40.4 Å². The number of hydrogen-bond acceptors (Lipinski definition) is 3. The molecule has 1 aromatic heterocycles. The van der Waals surface area contributed by atoms with Crippen molar-refractivity contribution in [3.63, 3.8) is 0 Å². The number of hydrogen-bond donors (Lipinski definition) is 2. The molecule has 1 aromatic carbocycles. The molecule has 0 saturated heterocycles. The van der Waals surface area contributed by atoms with E-state index in [-0.39, 0.29) is 11.8 Å². The third kappa shape index (κ3) is 3.37. The molecule has 0 spiro atoms. The number of likely N-dealkylation sites (N-methyl/N-ethyl adjacent to an activating group) is 1. The van der Waals surface area contributed by atoms with Crippen LogP contribution in [-0.4, -0.2) is 29.1 Å². The van der Waals surface area contributed by atoms with Crippen LogP contribution in [0.25, 0.3) is 0 Å². The average molecular weight is 324 g/mol. The molecule has 0 radical (unpaired) electrons. The summed E-state index contributed by atoms with van der Waals surface area (Å²) in [5.41, 5.74) is 3.43. The number of rotatable bonds is 6. The van der Waals surface area contributed by atoms with Gasteiger partial charge in [0.05, 0.1) is 18.4 Å². The minimum absolute atomic E-state index is 0.157. The summed E-state index contributed by atoms with van der Waals surface area (Å²) in [6.45, 7) is 3.89. The van der Waals surface area contributed by atoms with Gasteiger partial charge in [0.15, 0.2) is 0 Å². The highest BCUT2D eigenvalue weighted by molar-refractivity contribution is 6.01. The van der Waals surface area contributed by atoms with Gasteiger partial charge in [-0.05, 0) is 54.7 Å². The minimum atomic E-state index is -0.195. The maximum atomic E-state index is 12.3. The van der Waals surface area contributed by atoms with Crippen LogP contribution >= 0.6 is 0 Å². The summed E-state index contributed by atoms with van der Waals surface area (Å²) >= 11 is 0. The molecule has 3 rings (SSSR count). The van der Waals surface area contributed by atoms with E-state index in [2.05, 4.69) is 22.1 Å². The Balaban J connectivity index is 1.61. The summed E-state index contributed by atoms with van der Waals surface area (Å²) in [6.07, 6.45) is 5.49. The smallest absolute Gasteiger partial charge is 0.251 e. The predicted molar refractivity (Wildman–Crippen MR) is 91.8 cm³/mol. The number of nitrogens with one attached hydrogen (secondary N) is 2. The van der Waals surface area contributed by atoms with E-state index >= 15 is 0 Å². The van der Waals surface area contributed by atoms with Gasteiger partial charge in [0.25, 0.3) is 5.91 Å². The first-order valence-corrected chi connectivity index (χ1v) is 7.90. The first-order chi connectivity index (χ1) is 11.6. The third-order valence-corrected chi connectivity index (χ3v) is 4.22. The second-order valence-corrected chi connectivity index (χ2v) is 5.91. The molecule has 2 N–H and O–H groups in total. The number of nitrogens with zero attached hydrogens (tertiary/aromatic N) is 2. The van der Waals surface area contributed by atoms with Crippen molar-refractivity contribution in [1.82, 2.24) is 15.5 Å². The van der Waals surface area contributed by atoms with E-state index in [0.717, 1.165) is 5.69 Å². The number of carbonyl (C=O) groups excluding carboxylic acids is 2. The highest BCUT2D eigenvalue weighted by atomic mass is 16.2. The Kier molecular flexibility index (Phi) is 4.46. The van der Waals surface area contributed by atoms with Crippen molar-refractivity contribution in [2.24, 2.45) is 0 Å². The van der Waals surface area contributed by atoms with Crippen molar-refractivity contribution in [2.75, 3.05) is 11.9 Å². The van der Waals surface area contributed by atoms with Crippen molar-refractivity contribution >= 4 is 17.5 Å². The van der Waals surface area contributed by atoms with Crippen LogP contribution in [0.4, 0.5) is 5.69 Å². The molecule has 0 bridgehead atoms. The lowest BCUT2D eigenvalue weighted by Gasteiger charge is -2.15. The van der Waals surface area contributed by atoms with Gasteiger partial charge in [-0.2, -0.15) is 5.10 Å². The molecule has 24 heavy (non-hydrogen) atoms. The summed E-state index contributed by atoms with van der Waals surface area (Å²) in [7, 11) is 1.66. The van der Waals surface area contributed by atoms with E-state index in [1.807, 2.05) is 6.20 Å². The fourth-order valence-corrected chi connectivity index (χ4v) is 2.58.